The lowest BCUT2D eigenvalue weighted by Gasteiger charge is -2.35. The Hall–Kier alpha value is -2.49. The average molecular weight is 409 g/mol. The van der Waals surface area contributed by atoms with E-state index in [1.807, 2.05) is 25.1 Å². The van der Waals surface area contributed by atoms with Gasteiger partial charge in [-0.25, -0.2) is 0 Å². The highest BCUT2D eigenvalue weighted by Gasteiger charge is 2.39. The van der Waals surface area contributed by atoms with E-state index in [1.54, 1.807) is 7.11 Å². The molecule has 0 spiro atoms. The van der Waals surface area contributed by atoms with Gasteiger partial charge in [-0.2, -0.15) is 0 Å². The van der Waals surface area contributed by atoms with Crippen molar-refractivity contribution in [1.82, 2.24) is 0 Å². The van der Waals surface area contributed by atoms with Gasteiger partial charge in [0.1, 0.15) is 11.5 Å². The van der Waals surface area contributed by atoms with E-state index in [0.717, 1.165) is 30.9 Å². The van der Waals surface area contributed by atoms with Crippen LogP contribution in [0.2, 0.25) is 0 Å². The molecule has 0 radical (unpaired) electrons. The molecule has 0 N–H and O–H groups in total. The molecule has 0 unspecified atom stereocenters. The third-order valence-corrected chi connectivity index (χ3v) is 6.77. The summed E-state index contributed by atoms with van der Waals surface area (Å²) < 4.78 is 16.5. The number of hydrogen-bond acceptors (Lipinski definition) is 4. The van der Waals surface area contributed by atoms with Gasteiger partial charge in [-0.15, -0.1) is 0 Å². The molecular formula is C26H32O4. The summed E-state index contributed by atoms with van der Waals surface area (Å²) in [5.41, 5.74) is 2.55. The number of carbonyl (C=O) groups excluding carboxylic acids is 1. The predicted octanol–water partition coefficient (Wildman–Crippen LogP) is 5.57. The average Bonchev–Trinajstić information content (AvgIpc) is 3.57. The lowest BCUT2D eigenvalue weighted by atomic mass is 9.72. The van der Waals surface area contributed by atoms with Crippen molar-refractivity contribution >= 4 is 5.97 Å². The molecule has 2 aromatic rings. The van der Waals surface area contributed by atoms with E-state index in [4.69, 9.17) is 14.2 Å². The fourth-order valence-corrected chi connectivity index (χ4v) is 4.82. The molecule has 160 valence electrons. The SMILES string of the molecule is COC(=O)[C@@H](C)[C@H](c1cccc(OCC2CC(c3cccc(OC)c3)C2)c1)C1CC1. The van der Waals surface area contributed by atoms with Crippen molar-refractivity contribution in [3.63, 3.8) is 0 Å². The van der Waals surface area contributed by atoms with E-state index < -0.39 is 0 Å². The third kappa shape index (κ3) is 4.63. The number of carbonyl (C=O) groups is 1. The summed E-state index contributed by atoms with van der Waals surface area (Å²) in [7, 11) is 3.18. The monoisotopic (exact) mass is 408 g/mol. The van der Waals surface area contributed by atoms with Crippen LogP contribution < -0.4 is 9.47 Å². The van der Waals surface area contributed by atoms with Crippen molar-refractivity contribution in [2.24, 2.45) is 17.8 Å². The minimum atomic E-state index is -0.131. The molecule has 0 saturated heterocycles. The zero-order valence-corrected chi connectivity index (χ0v) is 18.2. The molecule has 2 aliphatic carbocycles. The van der Waals surface area contributed by atoms with Crippen LogP contribution in [0.4, 0.5) is 0 Å². The standard InChI is InChI=1S/C26H32O4/c1-17(26(27)29-3)25(19-10-11-19)21-7-5-9-24(15-21)30-16-18-12-22(13-18)20-6-4-8-23(14-20)28-2/h4-9,14-15,17-19,22,25H,10-13,16H2,1-3H3/t17-,18?,22?,25-/m0/s1. The maximum absolute atomic E-state index is 12.1. The molecule has 0 heterocycles. The van der Waals surface area contributed by atoms with Crippen LogP contribution >= 0.6 is 0 Å². The van der Waals surface area contributed by atoms with Crippen molar-refractivity contribution in [2.45, 2.75) is 44.4 Å². The van der Waals surface area contributed by atoms with Gasteiger partial charge < -0.3 is 14.2 Å². The van der Waals surface area contributed by atoms with Crippen LogP contribution in [0, 0.1) is 17.8 Å². The zero-order chi connectivity index (χ0) is 21.1. The number of hydrogen-bond donors (Lipinski definition) is 0. The van der Waals surface area contributed by atoms with Gasteiger partial charge in [-0.3, -0.25) is 4.79 Å². The highest BCUT2D eigenvalue weighted by molar-refractivity contribution is 5.73. The Bertz CT molecular complexity index is 867. The maximum atomic E-state index is 12.1. The molecule has 2 aliphatic rings. The van der Waals surface area contributed by atoms with Gasteiger partial charge >= 0.3 is 5.97 Å². The van der Waals surface area contributed by atoms with Crippen LogP contribution in [-0.2, 0) is 9.53 Å². The first-order chi connectivity index (χ1) is 14.6. The van der Waals surface area contributed by atoms with Crippen molar-refractivity contribution in [3.8, 4) is 11.5 Å². The van der Waals surface area contributed by atoms with E-state index in [1.165, 1.54) is 31.1 Å². The molecule has 0 aromatic heterocycles. The molecular weight excluding hydrogens is 376 g/mol. The summed E-state index contributed by atoms with van der Waals surface area (Å²) in [6.07, 6.45) is 4.67. The first-order valence-corrected chi connectivity index (χ1v) is 11.0. The minimum absolute atomic E-state index is 0.128. The summed E-state index contributed by atoms with van der Waals surface area (Å²) in [5.74, 6) is 3.53. The van der Waals surface area contributed by atoms with Crippen LogP contribution in [0.25, 0.3) is 0 Å². The van der Waals surface area contributed by atoms with Gasteiger partial charge in [0.15, 0.2) is 0 Å². The lowest BCUT2D eigenvalue weighted by Crippen LogP contribution is -2.27. The Morgan fingerprint density at radius 2 is 1.77 bits per heavy atom. The number of ether oxygens (including phenoxy) is 3. The van der Waals surface area contributed by atoms with Crippen LogP contribution in [0.15, 0.2) is 48.5 Å². The Morgan fingerprint density at radius 1 is 1.03 bits per heavy atom. The van der Waals surface area contributed by atoms with Gasteiger partial charge in [0.05, 0.1) is 26.7 Å². The third-order valence-electron chi connectivity index (χ3n) is 6.77. The molecule has 4 rings (SSSR count). The molecule has 4 heteroatoms. The molecule has 2 fully saturated rings. The van der Waals surface area contributed by atoms with Crippen molar-refractivity contribution < 1.29 is 19.0 Å². The molecule has 0 bridgehead atoms. The molecule has 2 saturated carbocycles. The largest absolute Gasteiger partial charge is 0.497 e. The van der Waals surface area contributed by atoms with Crippen LogP contribution in [-0.4, -0.2) is 26.8 Å². The van der Waals surface area contributed by atoms with Crippen molar-refractivity contribution in [1.29, 1.82) is 0 Å². The predicted molar refractivity (Wildman–Crippen MR) is 117 cm³/mol. The normalized spacial score (nSPS) is 22.5. The number of benzene rings is 2. The summed E-state index contributed by atoms with van der Waals surface area (Å²) in [5, 5.41) is 0. The molecule has 2 aromatic carbocycles. The second kappa shape index (κ2) is 9.11. The van der Waals surface area contributed by atoms with Crippen LogP contribution in [0.3, 0.4) is 0 Å². The van der Waals surface area contributed by atoms with E-state index in [9.17, 15) is 4.79 Å². The fraction of sp³-hybridized carbons (Fsp3) is 0.500. The summed E-state index contributed by atoms with van der Waals surface area (Å²) >= 11 is 0. The van der Waals surface area contributed by atoms with Crippen molar-refractivity contribution in [3.05, 3.63) is 59.7 Å². The van der Waals surface area contributed by atoms with Gasteiger partial charge in [-0.1, -0.05) is 31.2 Å². The van der Waals surface area contributed by atoms with Gasteiger partial charge in [0.2, 0.25) is 0 Å². The molecule has 0 amide bonds. The van der Waals surface area contributed by atoms with Gasteiger partial charge in [0, 0.05) is 0 Å². The number of rotatable bonds is 9. The van der Waals surface area contributed by atoms with E-state index >= 15 is 0 Å². The van der Waals surface area contributed by atoms with E-state index in [-0.39, 0.29) is 17.8 Å². The lowest BCUT2D eigenvalue weighted by molar-refractivity contribution is -0.145. The van der Waals surface area contributed by atoms with E-state index in [0.29, 0.717) is 17.8 Å². The van der Waals surface area contributed by atoms with Gasteiger partial charge in [0.25, 0.3) is 0 Å². The number of esters is 1. The molecule has 30 heavy (non-hydrogen) atoms. The van der Waals surface area contributed by atoms with Crippen LogP contribution in [0.1, 0.15) is 55.6 Å². The topological polar surface area (TPSA) is 44.8 Å². The van der Waals surface area contributed by atoms with Crippen molar-refractivity contribution in [2.75, 3.05) is 20.8 Å². The van der Waals surface area contributed by atoms with Gasteiger partial charge in [-0.05, 0) is 84.7 Å². The smallest absolute Gasteiger partial charge is 0.309 e. The second-order valence-corrected chi connectivity index (χ2v) is 8.87. The highest BCUT2D eigenvalue weighted by atomic mass is 16.5. The Labute approximate surface area is 179 Å². The summed E-state index contributed by atoms with van der Waals surface area (Å²) in [4.78, 5) is 12.1. The molecule has 2 atom stereocenters. The fourth-order valence-electron chi connectivity index (χ4n) is 4.82. The molecule has 4 nitrogen and oxygen atoms in total. The Balaban J connectivity index is 1.33. The van der Waals surface area contributed by atoms with Crippen LogP contribution in [0.5, 0.6) is 11.5 Å². The van der Waals surface area contributed by atoms with E-state index in [2.05, 4.69) is 30.3 Å². The highest BCUT2D eigenvalue weighted by Crippen LogP contribution is 2.47. The summed E-state index contributed by atoms with van der Waals surface area (Å²) in [6.45, 7) is 2.72. The quantitative estimate of drug-likeness (QED) is 0.509. The zero-order valence-electron chi connectivity index (χ0n) is 18.2. The second-order valence-electron chi connectivity index (χ2n) is 8.87. The first kappa shape index (κ1) is 20.8. The maximum Gasteiger partial charge on any atom is 0.309 e. The Kier molecular flexibility index (Phi) is 6.31. The molecule has 0 aliphatic heterocycles. The first-order valence-electron chi connectivity index (χ1n) is 11.0. The number of methoxy groups -OCH3 is 2. The summed E-state index contributed by atoms with van der Waals surface area (Å²) in [6, 6.07) is 16.7. The minimum Gasteiger partial charge on any atom is -0.497 e. The Morgan fingerprint density at radius 3 is 2.47 bits per heavy atom.